The Morgan fingerprint density at radius 1 is 0.892 bits per heavy atom. The Morgan fingerprint density at radius 3 is 2.24 bits per heavy atom. The Labute approximate surface area is 237 Å². The monoisotopic (exact) mass is 553 g/mol. The fraction of sp³-hybridized carbons (Fsp3) is 0.867. The van der Waals surface area contributed by atoms with Crippen molar-refractivity contribution in [3.05, 3.63) is 23.8 Å². The van der Waals surface area contributed by atoms with Gasteiger partial charge in [-0.15, -0.1) is 0 Å². The number of hydrogen-bond donors (Lipinski definition) is 1. The number of halogens is 2. The summed E-state index contributed by atoms with van der Waals surface area (Å²) < 4.78 is 6.04. The van der Waals surface area contributed by atoms with Crippen LogP contribution in [0.4, 0.5) is 0 Å². The maximum Gasteiger partial charge on any atom is 0.0900 e. The van der Waals surface area contributed by atoms with Gasteiger partial charge in [-0.3, -0.25) is 14.7 Å². The number of aliphatic hydroxyl groups excluding tert-OH is 1. The average Bonchev–Trinajstić information content (AvgIpc) is 2.85. The lowest BCUT2D eigenvalue weighted by Crippen LogP contribution is -3.00. The van der Waals surface area contributed by atoms with Crippen LogP contribution in [0.3, 0.4) is 0 Å². The molecule has 4 bridgehead atoms. The molecule has 1 N–H and O–H groups in total. The summed E-state index contributed by atoms with van der Waals surface area (Å²) in [4.78, 5) is 7.71. The lowest BCUT2D eigenvalue weighted by molar-refractivity contribution is -0.0744. The molecule has 37 heavy (non-hydrogen) atoms. The van der Waals surface area contributed by atoms with Gasteiger partial charge in [-0.1, -0.05) is 23.8 Å². The van der Waals surface area contributed by atoms with E-state index in [-0.39, 0.29) is 30.9 Å². The highest BCUT2D eigenvalue weighted by Crippen LogP contribution is 2.61. The third-order valence-corrected chi connectivity index (χ3v) is 10.5. The Balaban J connectivity index is 0.00000160. The highest BCUT2D eigenvalue weighted by Gasteiger charge is 2.50. The molecule has 0 aromatic rings. The van der Waals surface area contributed by atoms with Crippen molar-refractivity contribution in [2.75, 3.05) is 72.1 Å². The number of ether oxygens (including phenoxy) is 1. The third-order valence-electron chi connectivity index (χ3n) is 10.5. The summed E-state index contributed by atoms with van der Waals surface area (Å²) in [7, 11) is 0. The molecule has 4 saturated carbocycles. The second kappa shape index (κ2) is 13.5. The smallest absolute Gasteiger partial charge is 0.0900 e. The minimum atomic E-state index is -0.350. The van der Waals surface area contributed by atoms with Crippen molar-refractivity contribution in [3.63, 3.8) is 0 Å². The van der Waals surface area contributed by atoms with Crippen LogP contribution in [0.25, 0.3) is 0 Å². The first-order valence-electron chi connectivity index (χ1n) is 14.9. The highest BCUT2D eigenvalue weighted by atomic mass is 35.5. The van der Waals surface area contributed by atoms with E-state index in [9.17, 15) is 5.11 Å². The number of fused-ring (bicyclic) bond motifs is 1. The van der Waals surface area contributed by atoms with Crippen molar-refractivity contribution >= 4 is 0 Å². The van der Waals surface area contributed by atoms with Crippen LogP contribution in [-0.2, 0) is 4.74 Å². The van der Waals surface area contributed by atoms with Crippen LogP contribution in [0.2, 0.25) is 0 Å². The van der Waals surface area contributed by atoms with E-state index < -0.39 is 0 Å². The van der Waals surface area contributed by atoms with Crippen molar-refractivity contribution in [2.24, 2.45) is 29.1 Å². The van der Waals surface area contributed by atoms with E-state index in [1.54, 1.807) is 5.57 Å². The zero-order chi connectivity index (χ0) is 23.7. The molecule has 2 atom stereocenters. The van der Waals surface area contributed by atoms with Crippen LogP contribution >= 0.6 is 0 Å². The molecule has 7 aliphatic rings. The number of rotatable bonds is 10. The Bertz CT molecular complexity index is 748. The molecule has 7 rings (SSSR count). The van der Waals surface area contributed by atoms with E-state index in [2.05, 4.69) is 32.9 Å². The number of allylic oxidation sites excluding steroid dienone is 3. The van der Waals surface area contributed by atoms with Crippen molar-refractivity contribution in [2.45, 2.75) is 63.9 Å². The van der Waals surface area contributed by atoms with E-state index in [1.165, 1.54) is 84.0 Å². The quantitative estimate of drug-likeness (QED) is 0.311. The zero-order valence-corrected chi connectivity index (χ0v) is 24.2. The molecule has 7 heteroatoms. The first kappa shape index (κ1) is 29.8. The molecule has 5 aliphatic carbocycles. The van der Waals surface area contributed by atoms with Crippen molar-refractivity contribution in [1.82, 2.24) is 14.7 Å². The molecule has 2 saturated heterocycles. The maximum absolute atomic E-state index is 10.6. The van der Waals surface area contributed by atoms with Crippen LogP contribution < -0.4 is 24.8 Å². The molecule has 2 unspecified atom stereocenters. The number of likely N-dealkylation sites (tertiary alicyclic amines) is 1. The standard InChI is InChI=1S/C30H49N3O2.2ClH/c34-29(23-35-14-6-30-18-24-15-25(19-30)17-26(16-24)20-30)22-33-12-9-31(10-13-33)8-11-32-7-5-27-3-1-2-4-28(27)21-32;;/h1-2,4,24-27,29,34H,3,5-23H2;2*1H/p-2. The maximum atomic E-state index is 10.6. The molecule has 0 spiro atoms. The molecule has 0 amide bonds. The number of piperidine rings is 1. The van der Waals surface area contributed by atoms with Crippen LogP contribution in [0.5, 0.6) is 0 Å². The molecule has 2 heterocycles. The second-order valence-corrected chi connectivity index (χ2v) is 13.2. The molecule has 5 nitrogen and oxygen atoms in total. The van der Waals surface area contributed by atoms with E-state index in [0.717, 1.165) is 63.0 Å². The van der Waals surface area contributed by atoms with E-state index >= 15 is 0 Å². The average molecular weight is 555 g/mol. The normalized spacial score (nSPS) is 36.4. The van der Waals surface area contributed by atoms with Gasteiger partial charge in [-0.2, -0.15) is 0 Å². The predicted molar refractivity (Wildman–Crippen MR) is 141 cm³/mol. The predicted octanol–water partition coefficient (Wildman–Crippen LogP) is -2.20. The Morgan fingerprint density at radius 2 is 1.54 bits per heavy atom. The molecule has 0 aromatic carbocycles. The fourth-order valence-corrected chi connectivity index (χ4v) is 9.01. The first-order valence-corrected chi connectivity index (χ1v) is 14.9. The highest BCUT2D eigenvalue weighted by molar-refractivity contribution is 5.23. The van der Waals surface area contributed by atoms with Gasteiger partial charge < -0.3 is 34.7 Å². The molecule has 6 fully saturated rings. The van der Waals surface area contributed by atoms with Gasteiger partial charge in [0, 0.05) is 59.0 Å². The molecule has 2 aliphatic heterocycles. The lowest BCUT2D eigenvalue weighted by Gasteiger charge is -2.57. The number of hydrogen-bond acceptors (Lipinski definition) is 5. The van der Waals surface area contributed by atoms with Gasteiger partial charge in [0.2, 0.25) is 0 Å². The molecular formula is C30H49Cl2N3O2-2. The van der Waals surface area contributed by atoms with Gasteiger partial charge in [0.1, 0.15) is 0 Å². The number of β-amino-alcohol motifs (C(OH)–C–C–N with tert-alkyl or cyclic N) is 1. The van der Waals surface area contributed by atoms with Gasteiger partial charge in [0.25, 0.3) is 0 Å². The SMILES string of the molecule is OC(COCCC12CC3CC(CC(C3)C1)C2)CN1CCN(CCN2CCC3CC=CC=C3C2)CC1.[Cl-].[Cl-]. The molecule has 0 aromatic heterocycles. The van der Waals surface area contributed by atoms with Gasteiger partial charge in [-0.25, -0.2) is 0 Å². The van der Waals surface area contributed by atoms with Crippen LogP contribution in [0.15, 0.2) is 23.8 Å². The molecular weight excluding hydrogens is 505 g/mol. The minimum absolute atomic E-state index is 0. The van der Waals surface area contributed by atoms with Gasteiger partial charge in [0.05, 0.1) is 12.7 Å². The fourth-order valence-electron chi connectivity index (χ4n) is 9.01. The summed E-state index contributed by atoms with van der Waals surface area (Å²) in [5, 5.41) is 10.6. The largest absolute Gasteiger partial charge is 1.00 e. The third kappa shape index (κ3) is 7.54. The van der Waals surface area contributed by atoms with E-state index in [1.807, 2.05) is 0 Å². The Hall–Kier alpha value is -0.140. The lowest BCUT2D eigenvalue weighted by atomic mass is 9.49. The summed E-state index contributed by atoms with van der Waals surface area (Å²) in [6, 6.07) is 0. The summed E-state index contributed by atoms with van der Waals surface area (Å²) in [6.45, 7) is 11.3. The number of aliphatic hydroxyl groups is 1. The minimum Gasteiger partial charge on any atom is -1.00 e. The summed E-state index contributed by atoms with van der Waals surface area (Å²) >= 11 is 0. The van der Waals surface area contributed by atoms with Crippen molar-refractivity contribution in [1.29, 1.82) is 0 Å². The van der Waals surface area contributed by atoms with E-state index in [4.69, 9.17) is 4.74 Å². The van der Waals surface area contributed by atoms with Gasteiger partial charge in [-0.05, 0) is 93.4 Å². The molecule has 212 valence electrons. The summed E-state index contributed by atoms with van der Waals surface area (Å²) in [6.07, 6.45) is 19.3. The van der Waals surface area contributed by atoms with Crippen LogP contribution in [0, 0.1) is 29.1 Å². The van der Waals surface area contributed by atoms with Crippen LogP contribution in [0.1, 0.15) is 57.8 Å². The second-order valence-electron chi connectivity index (χ2n) is 13.2. The summed E-state index contributed by atoms with van der Waals surface area (Å²) in [5.74, 6) is 3.87. The summed E-state index contributed by atoms with van der Waals surface area (Å²) in [5.41, 5.74) is 2.24. The number of piperazine rings is 1. The first-order chi connectivity index (χ1) is 17.1. The topological polar surface area (TPSA) is 39.2 Å². The Kier molecular flexibility index (Phi) is 10.9. The van der Waals surface area contributed by atoms with Crippen molar-refractivity contribution in [3.8, 4) is 0 Å². The number of nitrogens with zero attached hydrogens (tertiary/aromatic N) is 3. The van der Waals surface area contributed by atoms with E-state index in [0.29, 0.717) is 12.0 Å². The van der Waals surface area contributed by atoms with Gasteiger partial charge >= 0.3 is 0 Å². The van der Waals surface area contributed by atoms with Crippen molar-refractivity contribution < 1.29 is 34.7 Å². The van der Waals surface area contributed by atoms with Gasteiger partial charge in [0.15, 0.2) is 0 Å². The molecule has 0 radical (unpaired) electrons. The zero-order valence-electron chi connectivity index (χ0n) is 22.7. The van der Waals surface area contributed by atoms with Crippen LogP contribution in [-0.4, -0.2) is 98.0 Å².